The summed E-state index contributed by atoms with van der Waals surface area (Å²) in [6.07, 6.45) is 5.63. The van der Waals surface area contributed by atoms with Crippen molar-refractivity contribution in [2.75, 3.05) is 13.7 Å². The number of amides is 1. The van der Waals surface area contributed by atoms with Crippen LogP contribution in [0, 0.1) is 0 Å². The Bertz CT molecular complexity index is 459. The van der Waals surface area contributed by atoms with Crippen LogP contribution in [0.1, 0.15) is 57.4 Å². The topological polar surface area (TPSA) is 46.6 Å². The van der Waals surface area contributed by atoms with E-state index in [1.807, 2.05) is 30.3 Å². The molecule has 0 radical (unpaired) electrons. The van der Waals surface area contributed by atoms with Crippen molar-refractivity contribution in [2.24, 2.45) is 0 Å². The number of nitrogens with zero attached hydrogens (tertiary/aromatic N) is 1. The molecule has 1 rings (SSSR count). The Kier molecular flexibility index (Phi) is 9.76. The van der Waals surface area contributed by atoms with Gasteiger partial charge < -0.3 is 9.64 Å². The third kappa shape index (κ3) is 9.01. The molecule has 4 nitrogen and oxygen atoms in total. The molecule has 0 aliphatic rings. The Morgan fingerprint density at radius 2 is 1.74 bits per heavy atom. The molecular formula is C19H29NO3. The molecule has 0 aromatic heterocycles. The van der Waals surface area contributed by atoms with Crippen molar-refractivity contribution in [1.29, 1.82) is 0 Å². The quantitative estimate of drug-likeness (QED) is 0.458. The van der Waals surface area contributed by atoms with Gasteiger partial charge >= 0.3 is 5.97 Å². The summed E-state index contributed by atoms with van der Waals surface area (Å²) in [6, 6.07) is 9.88. The van der Waals surface area contributed by atoms with Gasteiger partial charge in [0, 0.05) is 26.4 Å². The van der Waals surface area contributed by atoms with E-state index >= 15 is 0 Å². The highest BCUT2D eigenvalue weighted by atomic mass is 16.5. The van der Waals surface area contributed by atoms with Gasteiger partial charge in [0.05, 0.1) is 6.61 Å². The summed E-state index contributed by atoms with van der Waals surface area (Å²) in [5.74, 6) is -0.135. The molecule has 23 heavy (non-hydrogen) atoms. The molecule has 0 N–H and O–H groups in total. The molecule has 0 saturated carbocycles. The standard InChI is InChI=1S/C19H29NO3/c1-3-4-5-9-15-23-19(22)14-10-13-18(21)20(2)16-17-11-7-6-8-12-17/h6-8,11-12H,3-5,9-10,13-16H2,1-2H3. The summed E-state index contributed by atoms with van der Waals surface area (Å²) >= 11 is 0. The van der Waals surface area contributed by atoms with Crippen LogP contribution in [0.4, 0.5) is 0 Å². The second-order valence-electron chi connectivity index (χ2n) is 5.87. The number of carbonyl (C=O) groups excluding carboxylic acids is 2. The zero-order chi connectivity index (χ0) is 16.9. The summed E-state index contributed by atoms with van der Waals surface area (Å²) in [5, 5.41) is 0. The lowest BCUT2D eigenvalue weighted by molar-refractivity contribution is -0.144. The van der Waals surface area contributed by atoms with Crippen LogP contribution in [0.5, 0.6) is 0 Å². The minimum atomic E-state index is -0.194. The molecule has 0 aliphatic carbocycles. The monoisotopic (exact) mass is 319 g/mol. The number of rotatable bonds is 11. The molecule has 1 amide bonds. The Morgan fingerprint density at radius 3 is 2.43 bits per heavy atom. The van der Waals surface area contributed by atoms with Crippen LogP contribution < -0.4 is 0 Å². The molecule has 128 valence electrons. The fourth-order valence-corrected chi connectivity index (χ4v) is 2.31. The first-order chi connectivity index (χ1) is 11.1. The molecule has 0 atom stereocenters. The van der Waals surface area contributed by atoms with E-state index in [0.29, 0.717) is 32.4 Å². The Hall–Kier alpha value is -1.84. The van der Waals surface area contributed by atoms with Crippen LogP contribution in [0.2, 0.25) is 0 Å². The number of esters is 1. The molecule has 0 saturated heterocycles. The van der Waals surface area contributed by atoms with Crippen molar-refractivity contribution < 1.29 is 14.3 Å². The Labute approximate surface area is 139 Å². The van der Waals surface area contributed by atoms with Crippen molar-refractivity contribution in [2.45, 2.75) is 58.4 Å². The van der Waals surface area contributed by atoms with Gasteiger partial charge in [0.25, 0.3) is 0 Å². The number of carbonyl (C=O) groups is 2. The van der Waals surface area contributed by atoms with Crippen LogP contribution >= 0.6 is 0 Å². The second-order valence-corrected chi connectivity index (χ2v) is 5.87. The van der Waals surface area contributed by atoms with E-state index in [9.17, 15) is 9.59 Å². The first kappa shape index (κ1) is 19.2. The van der Waals surface area contributed by atoms with Gasteiger partial charge in [-0.25, -0.2) is 0 Å². The number of unbranched alkanes of at least 4 members (excludes halogenated alkanes) is 3. The Balaban J connectivity index is 2.12. The molecule has 1 aromatic carbocycles. The minimum absolute atomic E-state index is 0.0598. The zero-order valence-electron chi connectivity index (χ0n) is 14.4. The van der Waals surface area contributed by atoms with Gasteiger partial charge in [0.1, 0.15) is 0 Å². The molecular weight excluding hydrogens is 290 g/mol. The molecule has 0 bridgehead atoms. The molecule has 4 heteroatoms. The van der Waals surface area contributed by atoms with Gasteiger partial charge in [-0.15, -0.1) is 0 Å². The highest BCUT2D eigenvalue weighted by Gasteiger charge is 2.10. The summed E-state index contributed by atoms with van der Waals surface area (Å²) in [4.78, 5) is 25.3. The van der Waals surface area contributed by atoms with Crippen molar-refractivity contribution in [1.82, 2.24) is 4.90 Å². The maximum atomic E-state index is 12.0. The van der Waals surface area contributed by atoms with Crippen molar-refractivity contribution in [3.05, 3.63) is 35.9 Å². The van der Waals surface area contributed by atoms with Crippen molar-refractivity contribution in [3.63, 3.8) is 0 Å². The second kappa shape index (κ2) is 11.7. The van der Waals surface area contributed by atoms with Crippen LogP contribution in [0.3, 0.4) is 0 Å². The first-order valence-corrected chi connectivity index (χ1v) is 8.57. The SMILES string of the molecule is CCCCCCOC(=O)CCCC(=O)N(C)Cc1ccccc1. The maximum absolute atomic E-state index is 12.0. The average Bonchev–Trinajstić information content (AvgIpc) is 2.55. The molecule has 0 unspecified atom stereocenters. The van der Waals surface area contributed by atoms with Gasteiger partial charge in [-0.05, 0) is 18.4 Å². The third-order valence-corrected chi connectivity index (χ3v) is 3.72. The van der Waals surface area contributed by atoms with Gasteiger partial charge in [0.15, 0.2) is 0 Å². The van der Waals surface area contributed by atoms with Crippen LogP contribution in [-0.4, -0.2) is 30.4 Å². The third-order valence-electron chi connectivity index (χ3n) is 3.72. The van der Waals surface area contributed by atoms with Crippen LogP contribution in [0.25, 0.3) is 0 Å². The molecule has 1 aromatic rings. The minimum Gasteiger partial charge on any atom is -0.466 e. The maximum Gasteiger partial charge on any atom is 0.305 e. The highest BCUT2D eigenvalue weighted by Crippen LogP contribution is 2.07. The van der Waals surface area contributed by atoms with Gasteiger partial charge in [-0.3, -0.25) is 9.59 Å². The predicted octanol–water partition coefficient (Wildman–Crippen LogP) is 3.94. The highest BCUT2D eigenvalue weighted by molar-refractivity contribution is 5.77. The van der Waals surface area contributed by atoms with E-state index in [1.54, 1.807) is 11.9 Å². The van der Waals surface area contributed by atoms with E-state index in [1.165, 1.54) is 12.8 Å². The van der Waals surface area contributed by atoms with Crippen molar-refractivity contribution >= 4 is 11.9 Å². The average molecular weight is 319 g/mol. The number of benzene rings is 1. The fourth-order valence-electron chi connectivity index (χ4n) is 2.31. The molecule has 0 spiro atoms. The van der Waals surface area contributed by atoms with E-state index in [4.69, 9.17) is 4.74 Å². The number of ether oxygens (including phenoxy) is 1. The predicted molar refractivity (Wildman–Crippen MR) is 91.9 cm³/mol. The molecule has 0 heterocycles. The lowest BCUT2D eigenvalue weighted by Crippen LogP contribution is -2.26. The van der Waals surface area contributed by atoms with E-state index in [0.717, 1.165) is 18.4 Å². The number of hydrogen-bond acceptors (Lipinski definition) is 3. The Morgan fingerprint density at radius 1 is 1.00 bits per heavy atom. The number of hydrogen-bond donors (Lipinski definition) is 0. The first-order valence-electron chi connectivity index (χ1n) is 8.57. The summed E-state index contributed by atoms with van der Waals surface area (Å²) < 4.78 is 5.16. The summed E-state index contributed by atoms with van der Waals surface area (Å²) in [6.45, 7) is 3.25. The summed E-state index contributed by atoms with van der Waals surface area (Å²) in [5.41, 5.74) is 1.11. The van der Waals surface area contributed by atoms with E-state index in [2.05, 4.69) is 6.92 Å². The smallest absolute Gasteiger partial charge is 0.305 e. The molecule has 0 aliphatic heterocycles. The van der Waals surface area contributed by atoms with Crippen LogP contribution in [-0.2, 0) is 20.9 Å². The van der Waals surface area contributed by atoms with Gasteiger partial charge in [-0.1, -0.05) is 56.5 Å². The van der Waals surface area contributed by atoms with Gasteiger partial charge in [-0.2, -0.15) is 0 Å². The van der Waals surface area contributed by atoms with E-state index in [-0.39, 0.29) is 11.9 Å². The largest absolute Gasteiger partial charge is 0.466 e. The van der Waals surface area contributed by atoms with E-state index < -0.39 is 0 Å². The fraction of sp³-hybridized carbons (Fsp3) is 0.579. The van der Waals surface area contributed by atoms with Crippen LogP contribution in [0.15, 0.2) is 30.3 Å². The van der Waals surface area contributed by atoms with Crippen molar-refractivity contribution in [3.8, 4) is 0 Å². The summed E-state index contributed by atoms with van der Waals surface area (Å²) in [7, 11) is 1.79. The lowest BCUT2D eigenvalue weighted by atomic mass is 10.2. The van der Waals surface area contributed by atoms with Gasteiger partial charge in [0.2, 0.25) is 5.91 Å². The molecule has 0 fully saturated rings. The normalized spacial score (nSPS) is 10.3. The lowest BCUT2D eigenvalue weighted by Gasteiger charge is -2.17. The zero-order valence-corrected chi connectivity index (χ0v) is 14.4.